The third-order valence-corrected chi connectivity index (χ3v) is 8.48. The second kappa shape index (κ2) is 13.7. The van der Waals surface area contributed by atoms with Crippen LogP contribution in [0, 0.1) is 11.6 Å². The second-order valence-corrected chi connectivity index (χ2v) is 11.5. The van der Waals surface area contributed by atoms with Gasteiger partial charge in [0.2, 0.25) is 5.91 Å². The monoisotopic (exact) mass is 682 g/mol. The molecule has 0 unspecified atom stereocenters. The Bertz CT molecular complexity index is 1790. The maximum absolute atomic E-state index is 15.2. The molecule has 0 saturated carbocycles. The molecule has 4 heterocycles. The van der Waals surface area contributed by atoms with Crippen LogP contribution in [0.2, 0.25) is 0 Å². The van der Waals surface area contributed by atoms with Gasteiger partial charge in [-0.15, -0.1) is 0 Å². The Morgan fingerprint density at radius 3 is 2.43 bits per heavy atom. The van der Waals surface area contributed by atoms with E-state index in [1.165, 1.54) is 28.1 Å². The summed E-state index contributed by atoms with van der Waals surface area (Å²) in [5, 5.41) is 13.5. The quantitative estimate of drug-likeness (QED) is 0.333. The molecule has 0 spiro atoms. The van der Waals surface area contributed by atoms with Gasteiger partial charge in [0, 0.05) is 38.3 Å². The van der Waals surface area contributed by atoms with E-state index in [-0.39, 0.29) is 76.0 Å². The number of piperazine rings is 1. The highest BCUT2D eigenvalue weighted by Crippen LogP contribution is 2.32. The first kappa shape index (κ1) is 33.0. The number of hydrogen-bond acceptors (Lipinski definition) is 9. The predicted molar refractivity (Wildman–Crippen MR) is 166 cm³/mol. The first-order valence-electron chi connectivity index (χ1n) is 15.3. The molecule has 3 aromatic rings. The Labute approximate surface area is 277 Å². The maximum atomic E-state index is 15.2. The molecular formula is C31H32F2N8O8. The van der Waals surface area contributed by atoms with E-state index in [1.807, 2.05) is 24.3 Å². The van der Waals surface area contributed by atoms with Crippen LogP contribution >= 0.6 is 0 Å². The number of ether oxygens (including phenoxy) is 2. The molecule has 258 valence electrons. The van der Waals surface area contributed by atoms with Crippen molar-refractivity contribution >= 4 is 41.5 Å². The van der Waals surface area contributed by atoms with Gasteiger partial charge in [0.25, 0.3) is 5.91 Å². The minimum absolute atomic E-state index is 0.0427. The van der Waals surface area contributed by atoms with E-state index in [9.17, 15) is 24.0 Å². The number of aromatic nitrogens is 2. The lowest BCUT2D eigenvalue weighted by atomic mass is 10.1. The number of anilines is 2. The van der Waals surface area contributed by atoms with Crippen LogP contribution in [0.3, 0.4) is 0 Å². The van der Waals surface area contributed by atoms with Crippen LogP contribution in [0.25, 0.3) is 5.69 Å². The third kappa shape index (κ3) is 6.74. The van der Waals surface area contributed by atoms with E-state index in [0.29, 0.717) is 5.69 Å². The average molecular weight is 683 g/mol. The van der Waals surface area contributed by atoms with Crippen molar-refractivity contribution < 1.29 is 47.3 Å². The van der Waals surface area contributed by atoms with E-state index < -0.39 is 47.8 Å². The molecule has 2 aromatic carbocycles. The normalized spacial score (nSPS) is 17.1. The average Bonchev–Trinajstić information content (AvgIpc) is 3.63. The fourth-order valence-electron chi connectivity index (χ4n) is 6.08. The fraction of sp³-hybridized carbons (Fsp3) is 0.355. The smallest absolute Gasteiger partial charge is 0.414 e. The Hall–Kier alpha value is -5.94. The van der Waals surface area contributed by atoms with Gasteiger partial charge in [0.15, 0.2) is 17.3 Å². The lowest BCUT2D eigenvalue weighted by Crippen LogP contribution is -2.51. The molecule has 0 aliphatic carbocycles. The number of para-hydroxylation sites is 1. The minimum Gasteiger partial charge on any atom is -0.465 e. The number of imidazole rings is 1. The number of benzene rings is 2. The molecule has 2 fully saturated rings. The highest BCUT2D eigenvalue weighted by Gasteiger charge is 2.35. The molecule has 5 amide bonds. The Balaban J connectivity index is 1.06. The van der Waals surface area contributed by atoms with Crippen LogP contribution in [-0.2, 0) is 27.4 Å². The van der Waals surface area contributed by atoms with Gasteiger partial charge in [0.1, 0.15) is 18.1 Å². The number of fused-ring (bicyclic) bond motifs is 3. The van der Waals surface area contributed by atoms with Crippen molar-refractivity contribution in [2.75, 3.05) is 62.7 Å². The molecule has 6 rings (SSSR count). The topological polar surface area (TPSA) is 179 Å². The Morgan fingerprint density at radius 2 is 1.73 bits per heavy atom. The maximum Gasteiger partial charge on any atom is 0.414 e. The largest absolute Gasteiger partial charge is 0.465 e. The number of cyclic esters (lactones) is 1. The summed E-state index contributed by atoms with van der Waals surface area (Å²) in [6, 6.07) is 9.38. The number of nitrogens with zero attached hydrogens (tertiary/aromatic N) is 6. The number of halogens is 2. The van der Waals surface area contributed by atoms with Gasteiger partial charge in [-0.05, 0) is 11.6 Å². The summed E-state index contributed by atoms with van der Waals surface area (Å²) in [7, 11) is 1.27. The molecule has 3 aliphatic heterocycles. The summed E-state index contributed by atoms with van der Waals surface area (Å²) < 4.78 is 42.2. The van der Waals surface area contributed by atoms with Crippen LogP contribution in [0.4, 0.5) is 34.5 Å². The van der Waals surface area contributed by atoms with Gasteiger partial charge >= 0.3 is 18.3 Å². The summed E-state index contributed by atoms with van der Waals surface area (Å²) in [5.74, 6) is -2.86. The molecule has 49 heavy (non-hydrogen) atoms. The number of carboxylic acid groups (broad SMARTS) is 1. The fourth-order valence-corrected chi connectivity index (χ4v) is 6.08. The third-order valence-electron chi connectivity index (χ3n) is 8.48. The highest BCUT2D eigenvalue weighted by atomic mass is 19.1. The number of carbonyl (C=O) groups is 5. The minimum atomic E-state index is -1.30. The molecule has 3 N–H and O–H groups in total. The number of methoxy groups -OCH3 is 1. The van der Waals surface area contributed by atoms with Gasteiger partial charge in [0.05, 0.1) is 56.9 Å². The SMILES string of the molecule is COC(=O)N1Cc2ccccc2-n2cnc(C(=O)NCC(=O)N3CCN(c4c(F)cc(N5C[C@H](CNC(=O)O)OC5=O)cc4F)CC3)c2C1. The first-order chi connectivity index (χ1) is 23.5. The highest BCUT2D eigenvalue weighted by molar-refractivity contribution is 5.96. The number of amides is 5. The Morgan fingerprint density at radius 1 is 1.02 bits per heavy atom. The van der Waals surface area contributed by atoms with Gasteiger partial charge in [-0.3, -0.25) is 19.4 Å². The van der Waals surface area contributed by atoms with E-state index in [0.717, 1.165) is 28.3 Å². The van der Waals surface area contributed by atoms with Crippen LogP contribution in [-0.4, -0.2) is 114 Å². The lowest BCUT2D eigenvalue weighted by Gasteiger charge is -2.36. The number of carbonyl (C=O) groups excluding carboxylic acids is 4. The van der Waals surface area contributed by atoms with Crippen molar-refractivity contribution in [2.24, 2.45) is 0 Å². The van der Waals surface area contributed by atoms with Gasteiger partial charge in [-0.1, -0.05) is 18.2 Å². The zero-order valence-electron chi connectivity index (χ0n) is 26.2. The van der Waals surface area contributed by atoms with Crippen LogP contribution in [0.15, 0.2) is 42.7 Å². The van der Waals surface area contributed by atoms with Crippen molar-refractivity contribution in [2.45, 2.75) is 19.2 Å². The molecule has 0 radical (unpaired) electrons. The zero-order valence-corrected chi connectivity index (χ0v) is 26.2. The number of hydrogen-bond donors (Lipinski definition) is 3. The molecule has 3 aliphatic rings. The number of nitrogens with one attached hydrogen (secondary N) is 2. The summed E-state index contributed by atoms with van der Waals surface area (Å²) in [6.07, 6.45) is -2.07. The van der Waals surface area contributed by atoms with Gasteiger partial charge in [-0.2, -0.15) is 0 Å². The molecule has 2 saturated heterocycles. The van der Waals surface area contributed by atoms with E-state index in [4.69, 9.17) is 14.6 Å². The standard InChI is InChI=1S/C31H32F2N8O8/c1-48-30(46)39-14-18-4-2-3-5-23(18)41-17-36-26(24(41)16-39)28(43)34-13-25(42)37-6-8-38(9-7-37)27-21(32)10-19(11-22(27)33)40-15-20(49-31(40)47)12-35-29(44)45/h2-5,10-11,17,20,35H,6-9,12-16H2,1H3,(H,34,43)(H,44,45)/t20-/m0/s1. The predicted octanol–water partition coefficient (Wildman–Crippen LogP) is 1.90. The zero-order chi connectivity index (χ0) is 34.8. The summed E-state index contributed by atoms with van der Waals surface area (Å²) in [5.41, 5.74) is 1.68. The van der Waals surface area contributed by atoms with Crippen LogP contribution in [0.5, 0.6) is 0 Å². The van der Waals surface area contributed by atoms with E-state index in [2.05, 4.69) is 15.6 Å². The molecule has 1 aromatic heterocycles. The molecule has 16 nitrogen and oxygen atoms in total. The second-order valence-electron chi connectivity index (χ2n) is 11.5. The summed E-state index contributed by atoms with van der Waals surface area (Å²) in [4.78, 5) is 71.3. The van der Waals surface area contributed by atoms with Crippen LogP contribution < -0.4 is 20.4 Å². The van der Waals surface area contributed by atoms with Gasteiger partial charge < -0.3 is 39.6 Å². The van der Waals surface area contributed by atoms with Crippen molar-refractivity contribution in [1.82, 2.24) is 30.0 Å². The molecule has 18 heteroatoms. The van der Waals surface area contributed by atoms with E-state index >= 15 is 8.78 Å². The first-order valence-corrected chi connectivity index (χ1v) is 15.3. The van der Waals surface area contributed by atoms with Crippen molar-refractivity contribution in [3.8, 4) is 5.69 Å². The molecular weight excluding hydrogens is 650 g/mol. The van der Waals surface area contributed by atoms with Crippen LogP contribution in [0.1, 0.15) is 21.7 Å². The lowest BCUT2D eigenvalue weighted by molar-refractivity contribution is -0.130. The summed E-state index contributed by atoms with van der Waals surface area (Å²) in [6.45, 7) is 0.109. The Kier molecular flexibility index (Phi) is 9.19. The van der Waals surface area contributed by atoms with E-state index in [1.54, 1.807) is 4.57 Å². The van der Waals surface area contributed by atoms with Gasteiger partial charge in [-0.25, -0.2) is 28.1 Å². The molecule has 1 atom stereocenters. The van der Waals surface area contributed by atoms with Crippen molar-refractivity contribution in [3.05, 3.63) is 71.3 Å². The number of rotatable bonds is 7. The molecule has 0 bridgehead atoms. The van der Waals surface area contributed by atoms with Crippen molar-refractivity contribution in [1.29, 1.82) is 0 Å². The van der Waals surface area contributed by atoms with Crippen molar-refractivity contribution in [3.63, 3.8) is 0 Å². The summed E-state index contributed by atoms with van der Waals surface area (Å²) >= 11 is 0.